The maximum atomic E-state index is 11.0. The highest BCUT2D eigenvalue weighted by Gasteiger charge is 1.97. The van der Waals surface area contributed by atoms with Crippen molar-refractivity contribution in [2.24, 2.45) is 0 Å². The van der Waals surface area contributed by atoms with Gasteiger partial charge in [-0.05, 0) is 19.1 Å². The minimum absolute atomic E-state index is 0.156. The third-order valence-corrected chi connectivity index (χ3v) is 2.08. The Morgan fingerprint density at radius 3 is 2.92 bits per heavy atom. The monoisotopic (exact) mass is 200 g/mol. The van der Waals surface area contributed by atoms with Crippen LogP contribution in [0.5, 0.6) is 0 Å². The van der Waals surface area contributed by atoms with E-state index in [1.54, 1.807) is 7.11 Å². The fourth-order valence-electron chi connectivity index (χ4n) is 1.10. The molecule has 1 N–H and O–H groups in total. The van der Waals surface area contributed by atoms with Gasteiger partial charge in [-0.1, -0.05) is 0 Å². The molecular weight excluding hydrogens is 188 g/mol. The standard InChI is InChI=1S/C8H12N2O2S/c1-6-5-7(11)9-8(13)10(6)3-4-12-2/h5H,3-4H2,1-2H3,(H,9,11,13). The minimum Gasteiger partial charge on any atom is -0.383 e. The lowest BCUT2D eigenvalue weighted by molar-refractivity contribution is 0.185. The van der Waals surface area contributed by atoms with E-state index in [0.29, 0.717) is 17.9 Å². The molecule has 0 saturated carbocycles. The predicted molar refractivity (Wildman–Crippen MR) is 52.5 cm³/mol. The molecule has 4 nitrogen and oxygen atoms in total. The highest BCUT2D eigenvalue weighted by atomic mass is 32.1. The average molecular weight is 200 g/mol. The summed E-state index contributed by atoms with van der Waals surface area (Å²) in [6.45, 7) is 3.10. The van der Waals surface area contributed by atoms with Crippen LogP contribution < -0.4 is 5.56 Å². The molecule has 0 atom stereocenters. The molecule has 0 aliphatic heterocycles. The van der Waals surface area contributed by atoms with E-state index in [-0.39, 0.29) is 5.56 Å². The summed E-state index contributed by atoms with van der Waals surface area (Å²) in [6.07, 6.45) is 0. The van der Waals surface area contributed by atoms with E-state index in [1.807, 2.05) is 11.5 Å². The lowest BCUT2D eigenvalue weighted by Crippen LogP contribution is -2.16. The Labute approximate surface area is 81.2 Å². The van der Waals surface area contributed by atoms with Crippen LogP contribution in [0, 0.1) is 11.7 Å². The fraction of sp³-hybridized carbons (Fsp3) is 0.500. The van der Waals surface area contributed by atoms with Crippen molar-refractivity contribution in [2.45, 2.75) is 13.5 Å². The van der Waals surface area contributed by atoms with Gasteiger partial charge in [-0.3, -0.25) is 9.78 Å². The number of hydrogen-bond acceptors (Lipinski definition) is 3. The fourth-order valence-corrected chi connectivity index (χ4v) is 1.43. The van der Waals surface area contributed by atoms with Gasteiger partial charge in [0.1, 0.15) is 0 Å². The van der Waals surface area contributed by atoms with Crippen LogP contribution in [0.4, 0.5) is 0 Å². The molecule has 0 bridgehead atoms. The smallest absolute Gasteiger partial charge is 0.251 e. The van der Waals surface area contributed by atoms with Gasteiger partial charge in [0.2, 0.25) is 0 Å². The molecule has 1 aromatic heterocycles. The average Bonchev–Trinajstić information content (AvgIpc) is 2.02. The van der Waals surface area contributed by atoms with Crippen LogP contribution in [0.3, 0.4) is 0 Å². The number of rotatable bonds is 3. The summed E-state index contributed by atoms with van der Waals surface area (Å²) in [7, 11) is 1.63. The summed E-state index contributed by atoms with van der Waals surface area (Å²) in [5.74, 6) is 0. The van der Waals surface area contributed by atoms with E-state index < -0.39 is 0 Å². The van der Waals surface area contributed by atoms with Gasteiger partial charge in [0.25, 0.3) is 5.56 Å². The van der Waals surface area contributed by atoms with Crippen molar-refractivity contribution in [1.82, 2.24) is 9.55 Å². The van der Waals surface area contributed by atoms with Crippen molar-refractivity contribution >= 4 is 12.2 Å². The number of aromatic amines is 1. The summed E-state index contributed by atoms with van der Waals surface area (Å²) >= 11 is 4.99. The molecule has 5 heteroatoms. The van der Waals surface area contributed by atoms with Crippen LogP contribution in [-0.4, -0.2) is 23.3 Å². The zero-order valence-corrected chi connectivity index (χ0v) is 8.48. The van der Waals surface area contributed by atoms with E-state index in [4.69, 9.17) is 17.0 Å². The second-order valence-electron chi connectivity index (χ2n) is 2.72. The van der Waals surface area contributed by atoms with E-state index in [1.165, 1.54) is 6.07 Å². The Balaban J connectivity index is 3.07. The number of hydrogen-bond donors (Lipinski definition) is 1. The molecule has 0 aliphatic carbocycles. The maximum Gasteiger partial charge on any atom is 0.251 e. The number of methoxy groups -OCH3 is 1. The first kappa shape index (κ1) is 10.1. The van der Waals surface area contributed by atoms with Gasteiger partial charge in [0.05, 0.1) is 6.61 Å². The zero-order chi connectivity index (χ0) is 9.84. The molecule has 1 aromatic rings. The van der Waals surface area contributed by atoms with Crippen LogP contribution in [0.25, 0.3) is 0 Å². The molecule has 0 radical (unpaired) electrons. The van der Waals surface area contributed by atoms with Crippen molar-refractivity contribution in [3.63, 3.8) is 0 Å². The summed E-state index contributed by atoms with van der Waals surface area (Å²) < 4.78 is 7.21. The third-order valence-electron chi connectivity index (χ3n) is 1.76. The molecule has 1 rings (SSSR count). The van der Waals surface area contributed by atoms with Gasteiger partial charge < -0.3 is 9.30 Å². The number of H-pyrrole nitrogens is 1. The van der Waals surface area contributed by atoms with E-state index in [0.717, 1.165) is 5.69 Å². The van der Waals surface area contributed by atoms with Gasteiger partial charge in [-0.2, -0.15) is 0 Å². The third kappa shape index (κ3) is 2.50. The van der Waals surface area contributed by atoms with Crippen molar-refractivity contribution in [2.75, 3.05) is 13.7 Å². The lowest BCUT2D eigenvalue weighted by atomic mass is 10.4. The number of nitrogens with one attached hydrogen (secondary N) is 1. The molecule has 0 aromatic carbocycles. The molecule has 13 heavy (non-hydrogen) atoms. The van der Waals surface area contributed by atoms with Crippen LogP contribution in [0.1, 0.15) is 5.69 Å². The normalized spacial score (nSPS) is 10.3. The Bertz CT molecular complexity index is 394. The summed E-state index contributed by atoms with van der Waals surface area (Å²) in [4.78, 5) is 13.5. The van der Waals surface area contributed by atoms with Gasteiger partial charge in [-0.15, -0.1) is 0 Å². The SMILES string of the molecule is COCCn1c(C)cc(=O)[nH]c1=S. The molecular formula is C8H12N2O2S. The van der Waals surface area contributed by atoms with Crippen molar-refractivity contribution in [1.29, 1.82) is 0 Å². The van der Waals surface area contributed by atoms with Gasteiger partial charge in [0.15, 0.2) is 4.77 Å². The van der Waals surface area contributed by atoms with Gasteiger partial charge >= 0.3 is 0 Å². The highest BCUT2D eigenvalue weighted by Crippen LogP contribution is 1.95. The Kier molecular flexibility index (Phi) is 3.39. The Morgan fingerprint density at radius 2 is 2.38 bits per heavy atom. The lowest BCUT2D eigenvalue weighted by Gasteiger charge is -2.08. The summed E-state index contributed by atoms with van der Waals surface area (Å²) in [5, 5.41) is 0. The van der Waals surface area contributed by atoms with E-state index in [9.17, 15) is 4.79 Å². The van der Waals surface area contributed by atoms with Crippen LogP contribution >= 0.6 is 12.2 Å². The van der Waals surface area contributed by atoms with Crippen LogP contribution in [0.2, 0.25) is 0 Å². The molecule has 0 spiro atoms. The molecule has 0 fully saturated rings. The van der Waals surface area contributed by atoms with Crippen LogP contribution in [0.15, 0.2) is 10.9 Å². The predicted octanol–water partition coefficient (Wildman–Crippen LogP) is 0.861. The molecule has 0 amide bonds. The molecule has 72 valence electrons. The molecule has 0 aliphatic rings. The first-order valence-electron chi connectivity index (χ1n) is 3.95. The number of nitrogens with zero attached hydrogens (tertiary/aromatic N) is 1. The summed E-state index contributed by atoms with van der Waals surface area (Å²) in [5.41, 5.74) is 0.696. The number of aryl methyl sites for hydroxylation is 1. The Hall–Kier alpha value is -0.940. The first-order valence-corrected chi connectivity index (χ1v) is 4.35. The van der Waals surface area contributed by atoms with Gasteiger partial charge in [0, 0.05) is 25.4 Å². The number of ether oxygens (including phenoxy) is 1. The Morgan fingerprint density at radius 1 is 1.69 bits per heavy atom. The minimum atomic E-state index is -0.156. The number of aromatic nitrogens is 2. The maximum absolute atomic E-state index is 11.0. The van der Waals surface area contributed by atoms with Gasteiger partial charge in [-0.25, -0.2) is 0 Å². The second kappa shape index (κ2) is 4.34. The molecule has 1 heterocycles. The molecule has 0 saturated heterocycles. The largest absolute Gasteiger partial charge is 0.383 e. The quantitative estimate of drug-likeness (QED) is 0.736. The second-order valence-corrected chi connectivity index (χ2v) is 3.11. The molecule has 0 unspecified atom stereocenters. The van der Waals surface area contributed by atoms with Crippen molar-refractivity contribution < 1.29 is 4.74 Å². The van der Waals surface area contributed by atoms with Crippen molar-refractivity contribution in [3.05, 3.63) is 26.9 Å². The first-order chi connectivity index (χ1) is 6.15. The van der Waals surface area contributed by atoms with E-state index in [2.05, 4.69) is 4.98 Å². The van der Waals surface area contributed by atoms with Crippen molar-refractivity contribution in [3.8, 4) is 0 Å². The topological polar surface area (TPSA) is 47.0 Å². The summed E-state index contributed by atoms with van der Waals surface area (Å²) in [6, 6.07) is 1.52. The van der Waals surface area contributed by atoms with E-state index >= 15 is 0 Å². The zero-order valence-electron chi connectivity index (χ0n) is 7.66. The van der Waals surface area contributed by atoms with Crippen LogP contribution in [-0.2, 0) is 11.3 Å². The highest BCUT2D eigenvalue weighted by molar-refractivity contribution is 7.71.